The van der Waals surface area contributed by atoms with Gasteiger partial charge in [0.15, 0.2) is 11.5 Å². The van der Waals surface area contributed by atoms with E-state index in [0.717, 1.165) is 5.56 Å². The molecule has 6 nitrogen and oxygen atoms in total. The molecule has 1 aromatic heterocycles. The van der Waals surface area contributed by atoms with E-state index in [-0.39, 0.29) is 6.61 Å². The highest BCUT2D eigenvalue weighted by Crippen LogP contribution is 2.30. The lowest BCUT2D eigenvalue weighted by Gasteiger charge is -2.14. The molecule has 9 heteroatoms. The minimum absolute atomic E-state index is 0.00362. The summed E-state index contributed by atoms with van der Waals surface area (Å²) in [6.45, 7) is 0.507. The maximum Gasteiger partial charge on any atom is 0.214 e. The predicted molar refractivity (Wildman–Crippen MR) is 99.2 cm³/mol. The molecule has 0 saturated heterocycles. The van der Waals surface area contributed by atoms with Crippen LogP contribution < -0.4 is 14.9 Å². The maximum atomic E-state index is 13.8. The van der Waals surface area contributed by atoms with Gasteiger partial charge in [-0.25, -0.2) is 9.07 Å². The maximum absolute atomic E-state index is 13.8. The molecule has 3 aromatic rings. The predicted octanol–water partition coefficient (Wildman–Crippen LogP) is 4.06. The van der Waals surface area contributed by atoms with Crippen molar-refractivity contribution in [3.63, 3.8) is 0 Å². The number of methoxy groups -OCH3 is 1. The third-order valence-electron chi connectivity index (χ3n) is 3.67. The lowest BCUT2D eigenvalue weighted by molar-refractivity contribution is 0.279. The quantitative estimate of drug-likeness (QED) is 0.591. The van der Waals surface area contributed by atoms with Crippen molar-refractivity contribution < 1.29 is 13.9 Å². The van der Waals surface area contributed by atoms with Crippen molar-refractivity contribution in [1.29, 1.82) is 0 Å². The largest absolute Gasteiger partial charge is 0.493 e. The summed E-state index contributed by atoms with van der Waals surface area (Å²) in [6.07, 6.45) is 1.55. The topological polar surface area (TPSA) is 64.1 Å². The fraction of sp³-hybridized carbons (Fsp3) is 0.176. The van der Waals surface area contributed by atoms with E-state index in [4.69, 9.17) is 33.3 Å². The number of aromatic amines is 1. The Morgan fingerprint density at radius 2 is 2.15 bits per heavy atom. The smallest absolute Gasteiger partial charge is 0.214 e. The normalized spacial score (nSPS) is 10.6. The summed E-state index contributed by atoms with van der Waals surface area (Å²) in [6, 6.07) is 9.98. The summed E-state index contributed by atoms with van der Waals surface area (Å²) in [5, 5.41) is 6.81. The van der Waals surface area contributed by atoms with E-state index < -0.39 is 5.82 Å². The molecular formula is C17H16ClFN4O2S. The highest BCUT2D eigenvalue weighted by atomic mass is 35.5. The Kier molecular flexibility index (Phi) is 5.75. The summed E-state index contributed by atoms with van der Waals surface area (Å²) >= 11 is 11.1. The van der Waals surface area contributed by atoms with E-state index >= 15 is 0 Å². The molecule has 0 amide bonds. The van der Waals surface area contributed by atoms with Crippen LogP contribution in [0.4, 0.5) is 4.39 Å². The lowest BCUT2D eigenvalue weighted by atomic mass is 10.2. The molecule has 2 aromatic carbocycles. The number of ether oxygens (including phenoxy) is 2. The summed E-state index contributed by atoms with van der Waals surface area (Å²) in [7, 11) is 1.54. The third kappa shape index (κ3) is 4.14. The fourth-order valence-corrected chi connectivity index (χ4v) is 2.68. The average molecular weight is 395 g/mol. The zero-order chi connectivity index (χ0) is 18.5. The first-order valence-electron chi connectivity index (χ1n) is 7.67. The Balaban J connectivity index is 1.70. The van der Waals surface area contributed by atoms with Gasteiger partial charge in [0.05, 0.1) is 18.7 Å². The zero-order valence-corrected chi connectivity index (χ0v) is 15.4. The van der Waals surface area contributed by atoms with Crippen LogP contribution in [-0.2, 0) is 13.2 Å². The summed E-state index contributed by atoms with van der Waals surface area (Å²) in [4.78, 5) is 0. The van der Waals surface area contributed by atoms with Gasteiger partial charge in [-0.1, -0.05) is 23.7 Å². The SMILES string of the molecule is COc1cc(CNn2cn[nH]c2=S)ccc1OCc1c(F)cccc1Cl. The molecule has 0 spiro atoms. The van der Waals surface area contributed by atoms with Gasteiger partial charge in [-0.2, -0.15) is 5.10 Å². The molecule has 2 N–H and O–H groups in total. The molecule has 26 heavy (non-hydrogen) atoms. The van der Waals surface area contributed by atoms with Gasteiger partial charge >= 0.3 is 0 Å². The molecule has 0 bridgehead atoms. The van der Waals surface area contributed by atoms with E-state index in [0.29, 0.717) is 33.4 Å². The van der Waals surface area contributed by atoms with Crippen molar-refractivity contribution in [2.24, 2.45) is 0 Å². The number of nitrogens with one attached hydrogen (secondary N) is 2. The van der Waals surface area contributed by atoms with Crippen LogP contribution in [0, 0.1) is 10.6 Å². The molecule has 1 heterocycles. The van der Waals surface area contributed by atoms with Crippen LogP contribution in [0.15, 0.2) is 42.7 Å². The Labute approximate surface area is 159 Å². The van der Waals surface area contributed by atoms with Crippen LogP contribution in [0.1, 0.15) is 11.1 Å². The Morgan fingerprint density at radius 3 is 2.85 bits per heavy atom. The molecular weight excluding hydrogens is 379 g/mol. The van der Waals surface area contributed by atoms with Crippen LogP contribution in [0.3, 0.4) is 0 Å². The minimum Gasteiger partial charge on any atom is -0.493 e. The Morgan fingerprint density at radius 1 is 1.31 bits per heavy atom. The first kappa shape index (κ1) is 18.2. The minimum atomic E-state index is -0.408. The summed E-state index contributed by atoms with van der Waals surface area (Å²) in [5.74, 6) is 0.622. The van der Waals surface area contributed by atoms with Gasteiger partial charge in [-0.05, 0) is 42.0 Å². The molecule has 0 unspecified atom stereocenters. The van der Waals surface area contributed by atoms with E-state index in [2.05, 4.69) is 15.6 Å². The number of halogens is 2. The Hall–Kier alpha value is -2.58. The fourth-order valence-electron chi connectivity index (χ4n) is 2.30. The number of hydrogen-bond acceptors (Lipinski definition) is 5. The van der Waals surface area contributed by atoms with Crippen LogP contribution in [0.2, 0.25) is 5.02 Å². The number of benzene rings is 2. The van der Waals surface area contributed by atoms with E-state index in [9.17, 15) is 4.39 Å². The van der Waals surface area contributed by atoms with Crippen molar-refractivity contribution in [3.8, 4) is 11.5 Å². The number of rotatable bonds is 7. The van der Waals surface area contributed by atoms with Gasteiger partial charge in [-0.15, -0.1) is 0 Å². The lowest BCUT2D eigenvalue weighted by Crippen LogP contribution is -2.13. The zero-order valence-electron chi connectivity index (χ0n) is 13.8. The molecule has 0 aliphatic carbocycles. The molecule has 0 radical (unpaired) electrons. The molecule has 3 rings (SSSR count). The van der Waals surface area contributed by atoms with Crippen molar-refractivity contribution in [2.75, 3.05) is 12.5 Å². The standard InChI is InChI=1S/C17H16ClFN4O2S/c1-24-16-7-11(8-21-23-10-20-22-17(23)26)5-6-15(16)25-9-12-13(18)3-2-4-14(12)19/h2-7,10,21H,8-9H2,1H3,(H,22,26). The second kappa shape index (κ2) is 8.20. The van der Waals surface area contributed by atoms with Crippen molar-refractivity contribution >= 4 is 23.8 Å². The van der Waals surface area contributed by atoms with E-state index in [1.807, 2.05) is 12.1 Å². The first-order chi connectivity index (χ1) is 12.6. The molecule has 0 aliphatic heterocycles. The van der Waals surface area contributed by atoms with Gasteiger partial charge in [0, 0.05) is 5.56 Å². The van der Waals surface area contributed by atoms with E-state index in [1.165, 1.54) is 6.07 Å². The molecule has 0 atom stereocenters. The second-order valence-corrected chi connectivity index (χ2v) is 6.13. The van der Waals surface area contributed by atoms with Crippen molar-refractivity contribution in [3.05, 3.63) is 69.5 Å². The number of nitrogens with zero attached hydrogens (tertiary/aromatic N) is 2. The molecule has 136 valence electrons. The van der Waals surface area contributed by atoms with Crippen LogP contribution in [-0.4, -0.2) is 22.0 Å². The Bertz CT molecular complexity index is 940. The second-order valence-electron chi connectivity index (χ2n) is 5.34. The van der Waals surface area contributed by atoms with Gasteiger partial charge < -0.3 is 14.9 Å². The molecule has 0 aliphatic rings. The first-order valence-corrected chi connectivity index (χ1v) is 8.45. The van der Waals surface area contributed by atoms with Crippen molar-refractivity contribution in [1.82, 2.24) is 14.9 Å². The highest BCUT2D eigenvalue weighted by molar-refractivity contribution is 7.71. The summed E-state index contributed by atoms with van der Waals surface area (Å²) < 4.78 is 27.0. The third-order valence-corrected chi connectivity index (χ3v) is 4.31. The molecule has 0 saturated carbocycles. The van der Waals surface area contributed by atoms with Crippen LogP contribution >= 0.6 is 23.8 Å². The average Bonchev–Trinajstić information content (AvgIpc) is 3.05. The summed E-state index contributed by atoms with van der Waals surface area (Å²) in [5.41, 5.74) is 4.36. The monoisotopic (exact) mass is 394 g/mol. The van der Waals surface area contributed by atoms with Gasteiger partial charge in [0.25, 0.3) is 0 Å². The van der Waals surface area contributed by atoms with Crippen molar-refractivity contribution in [2.45, 2.75) is 13.2 Å². The van der Waals surface area contributed by atoms with Gasteiger partial charge in [-0.3, -0.25) is 5.10 Å². The molecule has 0 fully saturated rings. The van der Waals surface area contributed by atoms with Crippen LogP contribution in [0.25, 0.3) is 0 Å². The van der Waals surface area contributed by atoms with Gasteiger partial charge in [0.2, 0.25) is 4.77 Å². The highest BCUT2D eigenvalue weighted by Gasteiger charge is 2.11. The number of aromatic nitrogens is 3. The van der Waals surface area contributed by atoms with Gasteiger partial charge in [0.1, 0.15) is 18.8 Å². The number of hydrogen-bond donors (Lipinski definition) is 2. The number of H-pyrrole nitrogens is 1. The van der Waals surface area contributed by atoms with E-state index in [1.54, 1.807) is 36.3 Å². The van der Waals surface area contributed by atoms with Crippen LogP contribution in [0.5, 0.6) is 11.5 Å².